The van der Waals surface area contributed by atoms with E-state index in [1.165, 1.54) is 17.8 Å². The van der Waals surface area contributed by atoms with Crippen LogP contribution >= 0.6 is 11.8 Å². The van der Waals surface area contributed by atoms with Crippen LogP contribution in [0.2, 0.25) is 0 Å². The first-order valence-corrected chi connectivity index (χ1v) is 10.9. The molecule has 1 aromatic rings. The smallest absolute Gasteiger partial charge is 0.409 e. The Morgan fingerprint density at radius 2 is 1.93 bits per heavy atom. The second kappa shape index (κ2) is 9.96. The number of rotatable bonds is 6. The summed E-state index contributed by atoms with van der Waals surface area (Å²) in [6, 6.07) is 6.29. The minimum Gasteiger partial charge on any atom is -0.472 e. The van der Waals surface area contributed by atoms with Crippen molar-refractivity contribution in [3.8, 4) is 0 Å². The highest BCUT2D eigenvalue weighted by molar-refractivity contribution is 8.00. The molecule has 0 N–H and O–H groups in total. The number of halogens is 1. The molecular weight excluding hydrogens is 397 g/mol. The molecule has 2 aliphatic rings. The van der Waals surface area contributed by atoms with Crippen LogP contribution in [0.3, 0.4) is 0 Å². The second-order valence-corrected chi connectivity index (χ2v) is 7.92. The van der Waals surface area contributed by atoms with Crippen LogP contribution in [0.15, 0.2) is 29.3 Å². The quantitative estimate of drug-likeness (QED) is 0.703. The maximum Gasteiger partial charge on any atom is 0.409 e. The predicted molar refractivity (Wildman–Crippen MR) is 110 cm³/mol. The van der Waals surface area contributed by atoms with E-state index in [4.69, 9.17) is 9.47 Å². The van der Waals surface area contributed by atoms with E-state index in [1.807, 2.05) is 6.92 Å². The van der Waals surface area contributed by atoms with Gasteiger partial charge in [0.15, 0.2) is 0 Å². The molecule has 0 radical (unpaired) electrons. The summed E-state index contributed by atoms with van der Waals surface area (Å²) < 4.78 is 24.6. The summed E-state index contributed by atoms with van der Waals surface area (Å²) in [4.78, 5) is 32.1. The molecule has 2 heterocycles. The number of hydrogen-bond donors (Lipinski definition) is 0. The average Bonchev–Trinajstić information content (AvgIpc) is 3.09. The highest BCUT2D eigenvalue weighted by atomic mass is 32.2. The summed E-state index contributed by atoms with van der Waals surface area (Å²) in [6.07, 6.45) is -0.493. The summed E-state index contributed by atoms with van der Waals surface area (Å²) in [5, 5.41) is 0. The van der Waals surface area contributed by atoms with E-state index >= 15 is 0 Å². The molecule has 158 valence electrons. The summed E-state index contributed by atoms with van der Waals surface area (Å²) >= 11 is 1.50. The second-order valence-electron chi connectivity index (χ2n) is 6.89. The molecule has 1 saturated heterocycles. The van der Waals surface area contributed by atoms with Gasteiger partial charge >= 0.3 is 6.09 Å². The number of thioether (sulfide) groups is 1. The molecule has 1 fully saturated rings. The van der Waals surface area contributed by atoms with Crippen LogP contribution in [0, 0.1) is 5.82 Å². The standard InChI is InChI=1S/C20H26FN3O4S/c1-3-27-20(26)24-10-8-23(9-11-24)18(25)13-29-12-17-14(2)28-19(22-17)15-6-4-5-7-16(15)21/h4-7,14,17H,3,8-13H2,1-2H3. The van der Waals surface area contributed by atoms with Gasteiger partial charge in [0.1, 0.15) is 11.9 Å². The third kappa shape index (κ3) is 5.41. The lowest BCUT2D eigenvalue weighted by Crippen LogP contribution is -2.51. The third-order valence-electron chi connectivity index (χ3n) is 4.90. The fourth-order valence-electron chi connectivity index (χ4n) is 3.19. The monoisotopic (exact) mass is 423 g/mol. The Bertz CT molecular complexity index is 768. The van der Waals surface area contributed by atoms with Crippen LogP contribution in [-0.4, -0.2) is 84.1 Å². The van der Waals surface area contributed by atoms with Crippen molar-refractivity contribution in [1.82, 2.24) is 9.80 Å². The maximum absolute atomic E-state index is 13.9. The zero-order valence-corrected chi connectivity index (χ0v) is 17.5. The van der Waals surface area contributed by atoms with Gasteiger partial charge in [0.2, 0.25) is 11.8 Å². The topological polar surface area (TPSA) is 71.4 Å². The molecule has 1 aromatic carbocycles. The fraction of sp³-hybridized carbons (Fsp3) is 0.550. The molecule has 2 atom stereocenters. The molecule has 2 aliphatic heterocycles. The van der Waals surface area contributed by atoms with Gasteiger partial charge < -0.3 is 19.3 Å². The van der Waals surface area contributed by atoms with Gasteiger partial charge in [-0.25, -0.2) is 14.2 Å². The van der Waals surface area contributed by atoms with Crippen LogP contribution in [0.4, 0.5) is 9.18 Å². The third-order valence-corrected chi connectivity index (χ3v) is 5.93. The van der Waals surface area contributed by atoms with Crippen molar-refractivity contribution in [3.05, 3.63) is 35.6 Å². The van der Waals surface area contributed by atoms with Gasteiger partial charge in [-0.05, 0) is 26.0 Å². The van der Waals surface area contributed by atoms with Crippen molar-refractivity contribution in [3.63, 3.8) is 0 Å². The Morgan fingerprint density at radius 1 is 1.24 bits per heavy atom. The number of amides is 2. The fourth-order valence-corrected chi connectivity index (χ4v) is 4.25. The zero-order chi connectivity index (χ0) is 20.8. The largest absolute Gasteiger partial charge is 0.472 e. The molecule has 0 saturated carbocycles. The first kappa shape index (κ1) is 21.4. The van der Waals surface area contributed by atoms with E-state index in [1.54, 1.807) is 34.9 Å². The van der Waals surface area contributed by atoms with Crippen LogP contribution in [0.5, 0.6) is 0 Å². The molecule has 0 aliphatic carbocycles. The van der Waals surface area contributed by atoms with Gasteiger partial charge in [-0.15, -0.1) is 11.8 Å². The lowest BCUT2D eigenvalue weighted by atomic mass is 10.2. The Kier molecular flexibility index (Phi) is 7.35. The summed E-state index contributed by atoms with van der Waals surface area (Å²) in [7, 11) is 0. The summed E-state index contributed by atoms with van der Waals surface area (Å²) in [5.74, 6) is 0.968. The van der Waals surface area contributed by atoms with E-state index in [0.29, 0.717) is 55.8 Å². The minimum absolute atomic E-state index is 0.0448. The number of carbonyl (C=O) groups is 2. The molecule has 7 nitrogen and oxygen atoms in total. The van der Waals surface area contributed by atoms with Gasteiger partial charge in [0.05, 0.1) is 24.0 Å². The number of carbonyl (C=O) groups excluding carboxylic acids is 2. The SMILES string of the molecule is CCOC(=O)N1CCN(C(=O)CSCC2N=C(c3ccccc3F)OC2C)CC1. The Labute approximate surface area is 174 Å². The minimum atomic E-state index is -0.358. The number of aliphatic imine (C=N–C) groups is 1. The van der Waals surface area contributed by atoms with Crippen LogP contribution in [0.1, 0.15) is 19.4 Å². The Balaban J connectivity index is 1.44. The van der Waals surface area contributed by atoms with E-state index in [0.717, 1.165) is 0 Å². The van der Waals surface area contributed by atoms with Crippen LogP contribution in [0.25, 0.3) is 0 Å². The van der Waals surface area contributed by atoms with E-state index in [-0.39, 0.29) is 30.0 Å². The summed E-state index contributed by atoms with van der Waals surface area (Å²) in [6.45, 7) is 6.01. The Hall–Kier alpha value is -2.29. The molecule has 2 amide bonds. The highest BCUT2D eigenvalue weighted by Crippen LogP contribution is 2.23. The Morgan fingerprint density at radius 3 is 2.62 bits per heavy atom. The van der Waals surface area contributed by atoms with Crippen molar-refractivity contribution in [1.29, 1.82) is 0 Å². The van der Waals surface area contributed by atoms with Gasteiger partial charge in [-0.3, -0.25) is 4.79 Å². The number of hydrogen-bond acceptors (Lipinski definition) is 6. The van der Waals surface area contributed by atoms with Crippen molar-refractivity contribution in [2.24, 2.45) is 4.99 Å². The number of piperazine rings is 1. The maximum atomic E-state index is 13.9. The van der Waals surface area contributed by atoms with Gasteiger partial charge in [-0.2, -0.15) is 0 Å². The van der Waals surface area contributed by atoms with Crippen molar-refractivity contribution < 1.29 is 23.5 Å². The van der Waals surface area contributed by atoms with E-state index in [9.17, 15) is 14.0 Å². The van der Waals surface area contributed by atoms with Gasteiger partial charge in [-0.1, -0.05) is 12.1 Å². The first-order valence-electron chi connectivity index (χ1n) is 9.76. The normalized spacial score (nSPS) is 21.6. The molecule has 0 bridgehead atoms. The van der Waals surface area contributed by atoms with Crippen molar-refractivity contribution in [2.75, 3.05) is 44.3 Å². The number of benzene rings is 1. The molecule has 9 heteroatoms. The molecular formula is C20H26FN3O4S. The highest BCUT2D eigenvalue weighted by Gasteiger charge is 2.30. The van der Waals surface area contributed by atoms with Crippen molar-refractivity contribution in [2.45, 2.75) is 26.0 Å². The zero-order valence-electron chi connectivity index (χ0n) is 16.7. The first-order chi connectivity index (χ1) is 14.0. The number of ether oxygens (including phenoxy) is 2. The summed E-state index contributed by atoms with van der Waals surface area (Å²) in [5.41, 5.74) is 0.363. The molecule has 0 aromatic heterocycles. The molecule has 0 spiro atoms. The lowest BCUT2D eigenvalue weighted by Gasteiger charge is -2.34. The molecule has 29 heavy (non-hydrogen) atoms. The van der Waals surface area contributed by atoms with Crippen molar-refractivity contribution >= 4 is 29.7 Å². The van der Waals surface area contributed by atoms with Gasteiger partial charge in [0, 0.05) is 31.9 Å². The number of nitrogens with zero attached hydrogens (tertiary/aromatic N) is 3. The molecule has 2 unspecified atom stereocenters. The predicted octanol–water partition coefficient (Wildman–Crippen LogP) is 2.39. The molecule has 3 rings (SSSR count). The van der Waals surface area contributed by atoms with Crippen LogP contribution in [-0.2, 0) is 14.3 Å². The van der Waals surface area contributed by atoms with E-state index in [2.05, 4.69) is 4.99 Å². The lowest BCUT2D eigenvalue weighted by molar-refractivity contribution is -0.129. The van der Waals surface area contributed by atoms with Crippen LogP contribution < -0.4 is 0 Å². The van der Waals surface area contributed by atoms with Gasteiger partial charge in [0.25, 0.3) is 0 Å². The van der Waals surface area contributed by atoms with E-state index < -0.39 is 0 Å². The average molecular weight is 424 g/mol.